The second-order valence-corrected chi connectivity index (χ2v) is 6.68. The van der Waals surface area contributed by atoms with Crippen molar-refractivity contribution in [1.29, 1.82) is 0 Å². The van der Waals surface area contributed by atoms with E-state index in [4.69, 9.17) is 5.73 Å². The standard InChI is InChI=1S/C21H27N3O2/c1-16(2)18-12-10-17(11-13-18)15-24(14-6-9-20(22)25)21(26)23-19-7-4-3-5-8-19/h3-5,7-8,10-13,16H,6,9,14-15H2,1-2H3,(H2,22,25)(H,23,26). The highest BCUT2D eigenvalue weighted by atomic mass is 16.2. The SMILES string of the molecule is CC(C)c1ccc(CN(CCCC(N)=O)C(=O)Nc2ccccc2)cc1. The highest BCUT2D eigenvalue weighted by Crippen LogP contribution is 2.16. The molecule has 5 nitrogen and oxygen atoms in total. The Morgan fingerprint density at radius 1 is 1.04 bits per heavy atom. The highest BCUT2D eigenvalue weighted by molar-refractivity contribution is 5.89. The third-order valence-electron chi connectivity index (χ3n) is 4.18. The Bertz CT molecular complexity index is 712. The van der Waals surface area contributed by atoms with Crippen LogP contribution in [0, 0.1) is 0 Å². The summed E-state index contributed by atoms with van der Waals surface area (Å²) in [6.45, 7) is 5.25. The van der Waals surface area contributed by atoms with Crippen LogP contribution in [0.3, 0.4) is 0 Å². The van der Waals surface area contributed by atoms with Gasteiger partial charge in [0.25, 0.3) is 0 Å². The molecule has 2 rings (SSSR count). The molecule has 0 radical (unpaired) electrons. The third kappa shape index (κ3) is 6.24. The Balaban J connectivity index is 2.06. The fourth-order valence-electron chi connectivity index (χ4n) is 2.65. The number of nitrogens with two attached hydrogens (primary N) is 1. The monoisotopic (exact) mass is 353 g/mol. The molecule has 138 valence electrons. The van der Waals surface area contributed by atoms with Gasteiger partial charge in [0.1, 0.15) is 0 Å². The van der Waals surface area contributed by atoms with Gasteiger partial charge in [-0.15, -0.1) is 0 Å². The van der Waals surface area contributed by atoms with E-state index in [9.17, 15) is 9.59 Å². The van der Waals surface area contributed by atoms with Gasteiger partial charge in [0.05, 0.1) is 0 Å². The van der Waals surface area contributed by atoms with E-state index in [0.29, 0.717) is 25.4 Å². The number of benzene rings is 2. The van der Waals surface area contributed by atoms with Gasteiger partial charge in [-0.3, -0.25) is 4.79 Å². The first-order chi connectivity index (χ1) is 12.5. The number of carbonyl (C=O) groups excluding carboxylic acids is 2. The van der Waals surface area contributed by atoms with E-state index in [1.54, 1.807) is 4.90 Å². The van der Waals surface area contributed by atoms with Crippen molar-refractivity contribution in [2.24, 2.45) is 5.73 Å². The fourth-order valence-corrected chi connectivity index (χ4v) is 2.65. The Hall–Kier alpha value is -2.82. The number of primary amides is 1. The summed E-state index contributed by atoms with van der Waals surface area (Å²) in [5.41, 5.74) is 8.28. The molecule has 3 N–H and O–H groups in total. The zero-order valence-corrected chi connectivity index (χ0v) is 15.4. The Kier molecular flexibility index (Phi) is 7.21. The van der Waals surface area contributed by atoms with Crippen LogP contribution in [0.5, 0.6) is 0 Å². The molecule has 0 aliphatic heterocycles. The fraction of sp³-hybridized carbons (Fsp3) is 0.333. The lowest BCUT2D eigenvalue weighted by Crippen LogP contribution is -2.35. The molecule has 2 aromatic carbocycles. The van der Waals surface area contributed by atoms with Gasteiger partial charge in [-0.2, -0.15) is 0 Å². The highest BCUT2D eigenvalue weighted by Gasteiger charge is 2.15. The lowest BCUT2D eigenvalue weighted by Gasteiger charge is -2.23. The Morgan fingerprint density at radius 3 is 2.27 bits per heavy atom. The molecule has 3 amide bonds. The minimum Gasteiger partial charge on any atom is -0.370 e. The molecule has 0 atom stereocenters. The van der Waals surface area contributed by atoms with E-state index in [0.717, 1.165) is 11.3 Å². The predicted octanol–water partition coefficient (Wildman–Crippen LogP) is 4.11. The lowest BCUT2D eigenvalue weighted by atomic mass is 10.0. The summed E-state index contributed by atoms with van der Waals surface area (Å²) < 4.78 is 0. The number of nitrogens with zero attached hydrogens (tertiary/aromatic N) is 1. The van der Waals surface area contributed by atoms with Crippen LogP contribution < -0.4 is 11.1 Å². The number of rotatable bonds is 8. The van der Waals surface area contributed by atoms with Gasteiger partial charge < -0.3 is 16.0 Å². The van der Waals surface area contributed by atoms with Crippen molar-refractivity contribution in [2.75, 3.05) is 11.9 Å². The molecule has 0 bridgehead atoms. The van der Waals surface area contributed by atoms with Gasteiger partial charge in [0.15, 0.2) is 0 Å². The van der Waals surface area contributed by atoms with Gasteiger partial charge in [0, 0.05) is 25.2 Å². The van der Waals surface area contributed by atoms with Crippen molar-refractivity contribution in [3.8, 4) is 0 Å². The van der Waals surface area contributed by atoms with Crippen molar-refractivity contribution < 1.29 is 9.59 Å². The van der Waals surface area contributed by atoms with Crippen LogP contribution >= 0.6 is 0 Å². The Morgan fingerprint density at radius 2 is 1.69 bits per heavy atom. The van der Waals surface area contributed by atoms with Crippen molar-refractivity contribution >= 4 is 17.6 Å². The molecule has 0 aliphatic rings. The molecular weight excluding hydrogens is 326 g/mol. The molecule has 0 spiro atoms. The second-order valence-electron chi connectivity index (χ2n) is 6.68. The first kappa shape index (κ1) is 19.5. The minimum atomic E-state index is -0.352. The van der Waals surface area contributed by atoms with E-state index in [-0.39, 0.29) is 18.4 Å². The summed E-state index contributed by atoms with van der Waals surface area (Å²) in [6, 6.07) is 17.4. The Labute approximate surface area is 155 Å². The zero-order valence-electron chi connectivity index (χ0n) is 15.4. The van der Waals surface area contributed by atoms with Gasteiger partial charge in [0.2, 0.25) is 5.91 Å². The van der Waals surface area contributed by atoms with Crippen LogP contribution in [0.15, 0.2) is 54.6 Å². The predicted molar refractivity (Wildman–Crippen MR) is 105 cm³/mol. The molecule has 2 aromatic rings. The smallest absolute Gasteiger partial charge is 0.322 e. The molecule has 0 heterocycles. The average molecular weight is 353 g/mol. The quantitative estimate of drug-likeness (QED) is 0.749. The van der Waals surface area contributed by atoms with E-state index in [2.05, 4.69) is 31.3 Å². The van der Waals surface area contributed by atoms with E-state index >= 15 is 0 Å². The van der Waals surface area contributed by atoms with Gasteiger partial charge in [-0.25, -0.2) is 4.79 Å². The summed E-state index contributed by atoms with van der Waals surface area (Å²) in [7, 11) is 0. The summed E-state index contributed by atoms with van der Waals surface area (Å²) in [5, 5.41) is 2.90. The molecule has 0 unspecified atom stereocenters. The molecule has 0 fully saturated rings. The number of hydrogen-bond acceptors (Lipinski definition) is 2. The first-order valence-corrected chi connectivity index (χ1v) is 8.94. The van der Waals surface area contributed by atoms with Crippen LogP contribution in [0.1, 0.15) is 43.7 Å². The van der Waals surface area contributed by atoms with Crippen molar-refractivity contribution in [3.05, 3.63) is 65.7 Å². The summed E-state index contributed by atoms with van der Waals surface area (Å²) in [4.78, 5) is 25.4. The van der Waals surface area contributed by atoms with Crippen molar-refractivity contribution in [3.63, 3.8) is 0 Å². The maximum absolute atomic E-state index is 12.7. The second kappa shape index (κ2) is 9.61. The largest absolute Gasteiger partial charge is 0.370 e. The van der Waals surface area contributed by atoms with Gasteiger partial charge in [-0.1, -0.05) is 56.3 Å². The summed E-state index contributed by atoms with van der Waals surface area (Å²) in [5.74, 6) is 0.117. The lowest BCUT2D eigenvalue weighted by molar-refractivity contribution is -0.118. The number of hydrogen-bond donors (Lipinski definition) is 2. The molecule has 5 heteroatoms. The molecule has 0 saturated carbocycles. The number of urea groups is 1. The zero-order chi connectivity index (χ0) is 18.9. The van der Waals surface area contributed by atoms with E-state index < -0.39 is 0 Å². The van der Waals surface area contributed by atoms with Crippen LogP contribution in [-0.2, 0) is 11.3 Å². The molecule has 26 heavy (non-hydrogen) atoms. The third-order valence-corrected chi connectivity index (χ3v) is 4.18. The maximum Gasteiger partial charge on any atom is 0.322 e. The number of carbonyl (C=O) groups is 2. The number of anilines is 1. The number of amides is 3. The van der Waals surface area contributed by atoms with Crippen LogP contribution in [-0.4, -0.2) is 23.4 Å². The summed E-state index contributed by atoms with van der Waals surface area (Å²) >= 11 is 0. The topological polar surface area (TPSA) is 75.4 Å². The van der Waals surface area contributed by atoms with Crippen LogP contribution in [0.4, 0.5) is 10.5 Å². The molecular formula is C21H27N3O2. The normalized spacial score (nSPS) is 10.6. The molecule has 0 saturated heterocycles. The van der Waals surface area contributed by atoms with E-state index in [1.807, 2.05) is 42.5 Å². The first-order valence-electron chi connectivity index (χ1n) is 8.94. The van der Waals surface area contributed by atoms with Crippen molar-refractivity contribution in [2.45, 2.75) is 39.2 Å². The van der Waals surface area contributed by atoms with Gasteiger partial charge >= 0.3 is 6.03 Å². The summed E-state index contributed by atoms with van der Waals surface area (Å²) in [6.07, 6.45) is 0.809. The minimum absolute atomic E-state index is 0.186. The maximum atomic E-state index is 12.7. The molecule has 0 aromatic heterocycles. The van der Waals surface area contributed by atoms with E-state index in [1.165, 1.54) is 5.56 Å². The van der Waals surface area contributed by atoms with Crippen molar-refractivity contribution in [1.82, 2.24) is 4.90 Å². The average Bonchev–Trinajstić information content (AvgIpc) is 2.62. The number of para-hydroxylation sites is 1. The number of nitrogens with one attached hydrogen (secondary N) is 1. The molecule has 0 aliphatic carbocycles. The van der Waals surface area contributed by atoms with Crippen LogP contribution in [0.2, 0.25) is 0 Å². The van der Waals surface area contributed by atoms with Crippen LogP contribution in [0.25, 0.3) is 0 Å². The van der Waals surface area contributed by atoms with Gasteiger partial charge in [-0.05, 0) is 35.6 Å².